The highest BCUT2D eigenvalue weighted by Crippen LogP contribution is 2.42. The van der Waals surface area contributed by atoms with Crippen LogP contribution in [0.1, 0.15) is 17.0 Å². The standard InChI is InChI=1S/C25H22Cl2N2O5/c1-30-18-7-3-16(4-8-18)14-32-21-12-11-20(25-28-22(13-26)34-29-25)23(27)24(21)33-15-17-5-9-19(31-2)10-6-17/h3-12H,13-15H2,1-2H3. The number of rotatable bonds is 10. The van der Waals surface area contributed by atoms with Crippen molar-refractivity contribution in [3.05, 3.63) is 82.7 Å². The zero-order valence-corrected chi connectivity index (χ0v) is 20.1. The van der Waals surface area contributed by atoms with Gasteiger partial charge in [0, 0.05) is 5.56 Å². The summed E-state index contributed by atoms with van der Waals surface area (Å²) in [6, 6.07) is 18.7. The van der Waals surface area contributed by atoms with Gasteiger partial charge in [0.05, 0.1) is 19.2 Å². The average molecular weight is 501 g/mol. The molecular weight excluding hydrogens is 479 g/mol. The summed E-state index contributed by atoms with van der Waals surface area (Å²) in [6.45, 7) is 0.586. The van der Waals surface area contributed by atoms with E-state index in [-0.39, 0.29) is 12.5 Å². The fourth-order valence-corrected chi connectivity index (χ4v) is 3.54. The summed E-state index contributed by atoms with van der Waals surface area (Å²) in [5, 5.41) is 4.27. The Morgan fingerprint density at radius 1 is 0.794 bits per heavy atom. The lowest BCUT2D eigenvalue weighted by Crippen LogP contribution is -2.02. The Kier molecular flexibility index (Phi) is 7.77. The molecule has 9 heteroatoms. The first-order valence-electron chi connectivity index (χ1n) is 10.3. The van der Waals surface area contributed by atoms with Crippen LogP contribution in [0.15, 0.2) is 65.2 Å². The van der Waals surface area contributed by atoms with E-state index < -0.39 is 0 Å². The second kappa shape index (κ2) is 11.1. The molecule has 0 amide bonds. The SMILES string of the molecule is COc1ccc(COc2ccc(-c3noc(CCl)n3)c(Cl)c2OCc2ccc(OC)cc2)cc1. The molecule has 1 aromatic heterocycles. The van der Waals surface area contributed by atoms with Crippen molar-refractivity contribution in [1.82, 2.24) is 10.1 Å². The second-order valence-electron chi connectivity index (χ2n) is 7.17. The van der Waals surface area contributed by atoms with Crippen LogP contribution < -0.4 is 18.9 Å². The number of halogens is 2. The van der Waals surface area contributed by atoms with Gasteiger partial charge in [-0.3, -0.25) is 0 Å². The lowest BCUT2D eigenvalue weighted by atomic mass is 10.1. The zero-order valence-electron chi connectivity index (χ0n) is 18.6. The largest absolute Gasteiger partial charge is 0.497 e. The minimum absolute atomic E-state index is 0.106. The monoisotopic (exact) mass is 500 g/mol. The average Bonchev–Trinajstić information content (AvgIpc) is 3.36. The summed E-state index contributed by atoms with van der Waals surface area (Å²) in [6.07, 6.45) is 0. The van der Waals surface area contributed by atoms with Crippen molar-refractivity contribution < 1.29 is 23.5 Å². The van der Waals surface area contributed by atoms with Gasteiger partial charge in [-0.1, -0.05) is 41.0 Å². The highest BCUT2D eigenvalue weighted by molar-refractivity contribution is 6.35. The molecule has 0 aliphatic rings. The molecule has 0 bridgehead atoms. The molecule has 0 atom stereocenters. The van der Waals surface area contributed by atoms with Crippen LogP contribution in [-0.2, 0) is 19.1 Å². The van der Waals surface area contributed by atoms with E-state index in [2.05, 4.69) is 10.1 Å². The van der Waals surface area contributed by atoms with Gasteiger partial charge in [0.1, 0.15) is 30.6 Å². The third-order valence-electron chi connectivity index (χ3n) is 4.98. The zero-order chi connectivity index (χ0) is 23.9. The van der Waals surface area contributed by atoms with Crippen LogP contribution in [0, 0.1) is 0 Å². The van der Waals surface area contributed by atoms with Crippen LogP contribution in [0.4, 0.5) is 0 Å². The molecule has 4 rings (SSSR count). The molecule has 0 fully saturated rings. The minimum atomic E-state index is 0.106. The number of hydrogen-bond donors (Lipinski definition) is 0. The molecule has 4 aromatic rings. The molecule has 0 aliphatic carbocycles. The van der Waals surface area contributed by atoms with Crippen molar-refractivity contribution in [3.8, 4) is 34.4 Å². The summed E-state index contributed by atoms with van der Waals surface area (Å²) in [4.78, 5) is 4.26. The van der Waals surface area contributed by atoms with E-state index in [0.717, 1.165) is 22.6 Å². The number of alkyl halides is 1. The maximum atomic E-state index is 6.74. The topological polar surface area (TPSA) is 75.8 Å². The van der Waals surface area contributed by atoms with E-state index >= 15 is 0 Å². The Morgan fingerprint density at radius 3 is 1.91 bits per heavy atom. The van der Waals surface area contributed by atoms with E-state index in [1.54, 1.807) is 26.4 Å². The maximum absolute atomic E-state index is 6.74. The van der Waals surface area contributed by atoms with E-state index in [0.29, 0.717) is 40.4 Å². The molecular formula is C25H22Cl2N2O5. The Hall–Kier alpha value is -3.42. The summed E-state index contributed by atoms with van der Waals surface area (Å²) in [7, 11) is 3.25. The quantitative estimate of drug-likeness (QED) is 0.236. The van der Waals surface area contributed by atoms with Gasteiger partial charge in [-0.25, -0.2) is 0 Å². The highest BCUT2D eigenvalue weighted by Gasteiger charge is 2.20. The fraction of sp³-hybridized carbons (Fsp3) is 0.200. The van der Waals surface area contributed by atoms with Crippen molar-refractivity contribution in [2.75, 3.05) is 14.2 Å². The normalized spacial score (nSPS) is 10.7. The van der Waals surface area contributed by atoms with Crippen LogP contribution in [0.2, 0.25) is 5.02 Å². The molecule has 0 aliphatic heterocycles. The Morgan fingerprint density at radius 2 is 1.38 bits per heavy atom. The smallest absolute Gasteiger partial charge is 0.241 e. The second-order valence-corrected chi connectivity index (χ2v) is 7.82. The molecule has 0 unspecified atom stereocenters. The number of benzene rings is 3. The van der Waals surface area contributed by atoms with Crippen molar-refractivity contribution in [1.29, 1.82) is 0 Å². The maximum Gasteiger partial charge on any atom is 0.241 e. The molecule has 34 heavy (non-hydrogen) atoms. The summed E-state index contributed by atoms with van der Waals surface area (Å²) in [5.41, 5.74) is 2.45. The van der Waals surface area contributed by atoms with E-state index in [4.69, 9.17) is 46.7 Å². The molecule has 0 N–H and O–H groups in total. The first-order chi connectivity index (χ1) is 16.6. The molecule has 0 saturated heterocycles. The first-order valence-corrected chi connectivity index (χ1v) is 11.3. The summed E-state index contributed by atoms with van der Waals surface area (Å²) >= 11 is 12.5. The number of hydrogen-bond acceptors (Lipinski definition) is 7. The van der Waals surface area contributed by atoms with Crippen LogP contribution in [0.5, 0.6) is 23.0 Å². The fourth-order valence-electron chi connectivity index (χ4n) is 3.14. The Bertz CT molecular complexity index is 1230. The number of aromatic nitrogens is 2. The van der Waals surface area contributed by atoms with Crippen molar-refractivity contribution in [3.63, 3.8) is 0 Å². The van der Waals surface area contributed by atoms with Crippen molar-refractivity contribution in [2.45, 2.75) is 19.1 Å². The van der Waals surface area contributed by atoms with E-state index in [9.17, 15) is 0 Å². The van der Waals surface area contributed by atoms with Gasteiger partial charge < -0.3 is 23.5 Å². The number of nitrogens with zero attached hydrogens (tertiary/aromatic N) is 2. The summed E-state index contributed by atoms with van der Waals surface area (Å²) < 4.78 is 27.7. The molecule has 1 heterocycles. The van der Waals surface area contributed by atoms with Gasteiger partial charge in [-0.2, -0.15) is 4.98 Å². The molecule has 0 spiro atoms. The van der Waals surface area contributed by atoms with Crippen LogP contribution >= 0.6 is 23.2 Å². The van der Waals surface area contributed by atoms with Gasteiger partial charge >= 0.3 is 0 Å². The third-order valence-corrected chi connectivity index (χ3v) is 5.58. The van der Waals surface area contributed by atoms with Gasteiger partial charge in [-0.15, -0.1) is 11.6 Å². The molecule has 0 saturated carbocycles. The Labute approximate surface area is 207 Å². The Balaban J connectivity index is 1.60. The van der Waals surface area contributed by atoms with Crippen molar-refractivity contribution in [2.24, 2.45) is 0 Å². The van der Waals surface area contributed by atoms with E-state index in [1.807, 2.05) is 48.5 Å². The van der Waals surface area contributed by atoms with Crippen LogP contribution in [0.25, 0.3) is 11.4 Å². The predicted molar refractivity (Wildman–Crippen MR) is 129 cm³/mol. The molecule has 7 nitrogen and oxygen atoms in total. The van der Waals surface area contributed by atoms with Gasteiger partial charge in [0.25, 0.3) is 0 Å². The minimum Gasteiger partial charge on any atom is -0.497 e. The molecule has 0 radical (unpaired) electrons. The highest BCUT2D eigenvalue weighted by atomic mass is 35.5. The van der Waals surface area contributed by atoms with Gasteiger partial charge in [0.15, 0.2) is 11.5 Å². The summed E-state index contributed by atoms with van der Waals surface area (Å²) in [5.74, 6) is 3.12. The molecule has 3 aromatic carbocycles. The van der Waals surface area contributed by atoms with E-state index in [1.165, 1.54) is 0 Å². The molecule has 176 valence electrons. The number of methoxy groups -OCH3 is 2. The lowest BCUT2D eigenvalue weighted by molar-refractivity contribution is 0.256. The number of ether oxygens (including phenoxy) is 4. The van der Waals surface area contributed by atoms with Crippen LogP contribution in [0.3, 0.4) is 0 Å². The van der Waals surface area contributed by atoms with Gasteiger partial charge in [0.2, 0.25) is 11.7 Å². The first kappa shape index (κ1) is 23.7. The predicted octanol–water partition coefficient (Wildman–Crippen LogP) is 6.30. The third kappa shape index (κ3) is 5.55. The van der Waals surface area contributed by atoms with Gasteiger partial charge in [-0.05, 0) is 47.5 Å². The lowest BCUT2D eigenvalue weighted by Gasteiger charge is -2.16. The van der Waals surface area contributed by atoms with Crippen LogP contribution in [-0.4, -0.2) is 24.4 Å². The van der Waals surface area contributed by atoms with Crippen molar-refractivity contribution >= 4 is 23.2 Å².